The van der Waals surface area contributed by atoms with Crippen LogP contribution in [-0.4, -0.2) is 96.8 Å². The van der Waals surface area contributed by atoms with E-state index in [1.165, 1.54) is 0 Å². The second-order valence-electron chi connectivity index (χ2n) is 13.7. The smallest absolute Gasteiger partial charge is 0.407 e. The summed E-state index contributed by atoms with van der Waals surface area (Å²) in [5, 5.41) is 12.9. The van der Waals surface area contributed by atoms with E-state index in [9.17, 15) is 14.7 Å². The summed E-state index contributed by atoms with van der Waals surface area (Å²) >= 11 is 0. The number of aromatic nitrogens is 4. The Kier molecular flexibility index (Phi) is 9.72. The maximum atomic E-state index is 13.0. The molecule has 248 valence electrons. The molecule has 4 heterocycles. The fourth-order valence-electron chi connectivity index (χ4n) is 7.12. The minimum atomic E-state index is -0.827. The van der Waals surface area contributed by atoms with Gasteiger partial charge in [-0.25, -0.2) is 19.7 Å². The van der Waals surface area contributed by atoms with E-state index in [1.807, 2.05) is 67.9 Å². The quantitative estimate of drug-likeness (QED) is 0.230. The van der Waals surface area contributed by atoms with Gasteiger partial charge in [0.2, 0.25) is 0 Å². The minimum Gasteiger partial charge on any atom is -0.465 e. The van der Waals surface area contributed by atoms with Crippen LogP contribution < -0.4 is 10.2 Å². The van der Waals surface area contributed by atoms with Crippen molar-refractivity contribution in [2.24, 2.45) is 0 Å². The lowest BCUT2D eigenvalue weighted by Crippen LogP contribution is -2.56. The first-order chi connectivity index (χ1) is 22.7. The molecule has 0 saturated carbocycles. The third-order valence-corrected chi connectivity index (χ3v) is 9.47. The van der Waals surface area contributed by atoms with Crippen LogP contribution in [0.15, 0.2) is 67.3 Å². The standard InChI is InChI=1S/C36H46N8O3/c1-36(2,3)44(35(46)47)29-14-19-42(20-15-29)28-12-21-43(22-13-28)33-32(26-8-5-4-6-9-26)39-31-24-27(10-11-30(31)40-33)34(45)38-16-7-18-41-23-17-37-25-41/h4-6,8-11,17,23-25,28-29H,7,12-16,18-22H2,1-3H3,(H,38,45)(H,46,47). The Bertz CT molecular complexity index is 1660. The van der Waals surface area contributed by atoms with E-state index in [1.54, 1.807) is 17.4 Å². The molecule has 0 spiro atoms. The lowest BCUT2D eigenvalue weighted by molar-refractivity contribution is 0.0307. The number of imidazole rings is 1. The number of fused-ring (bicyclic) bond motifs is 1. The zero-order valence-electron chi connectivity index (χ0n) is 27.7. The van der Waals surface area contributed by atoms with Gasteiger partial charge in [0.25, 0.3) is 5.91 Å². The number of carboxylic acid groups (broad SMARTS) is 1. The molecule has 2 fully saturated rings. The number of amides is 2. The van der Waals surface area contributed by atoms with Crippen molar-refractivity contribution in [3.63, 3.8) is 0 Å². The van der Waals surface area contributed by atoms with Gasteiger partial charge >= 0.3 is 6.09 Å². The van der Waals surface area contributed by atoms with Crippen LogP contribution in [0.2, 0.25) is 0 Å². The maximum Gasteiger partial charge on any atom is 0.407 e. The molecule has 0 bridgehead atoms. The number of rotatable bonds is 9. The largest absolute Gasteiger partial charge is 0.465 e. The molecular weight excluding hydrogens is 592 g/mol. The summed E-state index contributed by atoms with van der Waals surface area (Å²) in [6.07, 6.45) is 9.19. The van der Waals surface area contributed by atoms with Crippen molar-refractivity contribution >= 4 is 28.9 Å². The molecule has 2 aliphatic heterocycles. The molecule has 0 radical (unpaired) electrons. The van der Waals surface area contributed by atoms with Crippen LogP contribution in [-0.2, 0) is 6.54 Å². The number of carbonyl (C=O) groups excluding carboxylic acids is 1. The van der Waals surface area contributed by atoms with Gasteiger partial charge in [-0.05, 0) is 71.1 Å². The first kappa shape index (κ1) is 32.4. The molecule has 11 nitrogen and oxygen atoms in total. The summed E-state index contributed by atoms with van der Waals surface area (Å²) < 4.78 is 2.00. The lowest BCUT2D eigenvalue weighted by Gasteiger charge is -2.46. The molecule has 6 rings (SSSR count). The van der Waals surface area contributed by atoms with E-state index in [0.29, 0.717) is 23.7 Å². The van der Waals surface area contributed by atoms with Crippen molar-refractivity contribution in [3.05, 3.63) is 72.8 Å². The summed E-state index contributed by atoms with van der Waals surface area (Å²) in [6, 6.07) is 16.2. The summed E-state index contributed by atoms with van der Waals surface area (Å²) in [4.78, 5) is 45.9. The fourth-order valence-corrected chi connectivity index (χ4v) is 7.12. The van der Waals surface area contributed by atoms with Crippen LogP contribution in [0.25, 0.3) is 22.3 Å². The summed E-state index contributed by atoms with van der Waals surface area (Å²) in [5.41, 5.74) is 3.45. The van der Waals surface area contributed by atoms with Crippen molar-refractivity contribution in [1.29, 1.82) is 0 Å². The Hall–Kier alpha value is -4.51. The van der Waals surface area contributed by atoms with Gasteiger partial charge in [0, 0.05) is 80.4 Å². The summed E-state index contributed by atoms with van der Waals surface area (Å²) in [5.74, 6) is 0.754. The molecule has 11 heteroatoms. The Balaban J connectivity index is 1.13. The van der Waals surface area contributed by atoms with Gasteiger partial charge in [-0.3, -0.25) is 4.79 Å². The molecule has 2 saturated heterocycles. The topological polar surface area (TPSA) is 120 Å². The zero-order valence-corrected chi connectivity index (χ0v) is 27.7. The molecule has 47 heavy (non-hydrogen) atoms. The van der Waals surface area contributed by atoms with E-state index in [-0.39, 0.29) is 11.9 Å². The van der Waals surface area contributed by atoms with Crippen LogP contribution in [0.3, 0.4) is 0 Å². The molecule has 0 atom stereocenters. The first-order valence-electron chi connectivity index (χ1n) is 16.8. The second-order valence-corrected chi connectivity index (χ2v) is 13.7. The lowest BCUT2D eigenvalue weighted by atomic mass is 9.94. The molecule has 2 aromatic heterocycles. The van der Waals surface area contributed by atoms with Gasteiger partial charge in [0.05, 0.1) is 17.4 Å². The van der Waals surface area contributed by atoms with Gasteiger partial charge in [0.1, 0.15) is 5.69 Å². The highest BCUT2D eigenvalue weighted by Crippen LogP contribution is 2.33. The summed E-state index contributed by atoms with van der Waals surface area (Å²) in [6.45, 7) is 10.9. The Morgan fingerprint density at radius 1 is 0.957 bits per heavy atom. The first-order valence-corrected chi connectivity index (χ1v) is 16.8. The number of benzene rings is 2. The molecule has 4 aromatic rings. The Morgan fingerprint density at radius 3 is 2.36 bits per heavy atom. The second kappa shape index (κ2) is 14.1. The molecule has 0 unspecified atom stereocenters. The van der Waals surface area contributed by atoms with E-state index >= 15 is 0 Å². The average Bonchev–Trinajstić information content (AvgIpc) is 3.59. The monoisotopic (exact) mass is 638 g/mol. The predicted octanol–water partition coefficient (Wildman–Crippen LogP) is 5.53. The summed E-state index contributed by atoms with van der Waals surface area (Å²) in [7, 11) is 0. The van der Waals surface area contributed by atoms with Gasteiger partial charge < -0.3 is 29.7 Å². The van der Waals surface area contributed by atoms with Crippen molar-refractivity contribution in [2.75, 3.05) is 37.6 Å². The number of nitrogens with zero attached hydrogens (tertiary/aromatic N) is 7. The number of piperidine rings is 2. The molecule has 0 aliphatic carbocycles. The molecule has 2 N–H and O–H groups in total. The number of carbonyl (C=O) groups is 2. The SMILES string of the molecule is CC(C)(C)N(C(=O)O)C1CCN(C2CCN(c3nc4ccc(C(=O)NCCCn5ccnc5)cc4nc3-c3ccccc3)CC2)CC1. The zero-order chi connectivity index (χ0) is 33.0. The number of hydrogen-bond acceptors (Lipinski definition) is 7. The Morgan fingerprint density at radius 2 is 1.70 bits per heavy atom. The van der Waals surface area contributed by atoms with Gasteiger partial charge in [-0.2, -0.15) is 0 Å². The van der Waals surface area contributed by atoms with Crippen molar-refractivity contribution in [3.8, 4) is 11.3 Å². The molecule has 2 aromatic carbocycles. The van der Waals surface area contributed by atoms with Crippen molar-refractivity contribution in [2.45, 2.75) is 77.0 Å². The molecule has 2 amide bonds. The van der Waals surface area contributed by atoms with Crippen LogP contribution in [0, 0.1) is 0 Å². The Labute approximate surface area is 276 Å². The molecular formula is C36H46N8O3. The van der Waals surface area contributed by atoms with Gasteiger partial charge in [0.15, 0.2) is 5.82 Å². The van der Waals surface area contributed by atoms with Crippen LogP contribution in [0.1, 0.15) is 63.2 Å². The van der Waals surface area contributed by atoms with E-state index in [2.05, 4.69) is 32.2 Å². The normalized spacial score (nSPS) is 16.8. The highest BCUT2D eigenvalue weighted by molar-refractivity contribution is 5.98. The highest BCUT2D eigenvalue weighted by atomic mass is 16.4. The van der Waals surface area contributed by atoms with Crippen molar-refractivity contribution in [1.82, 2.24) is 34.6 Å². The van der Waals surface area contributed by atoms with E-state index < -0.39 is 11.6 Å². The van der Waals surface area contributed by atoms with Crippen LogP contribution >= 0.6 is 0 Å². The van der Waals surface area contributed by atoms with Gasteiger partial charge in [-0.15, -0.1) is 0 Å². The number of nitrogens with one attached hydrogen (secondary N) is 1. The number of likely N-dealkylation sites (tertiary alicyclic amines) is 1. The minimum absolute atomic E-state index is 0.0598. The van der Waals surface area contributed by atoms with E-state index in [4.69, 9.17) is 9.97 Å². The fraction of sp³-hybridized carbons (Fsp3) is 0.472. The third kappa shape index (κ3) is 7.56. The number of anilines is 1. The van der Waals surface area contributed by atoms with Crippen molar-refractivity contribution < 1.29 is 14.7 Å². The maximum absolute atomic E-state index is 13.0. The molecule has 2 aliphatic rings. The number of hydrogen-bond donors (Lipinski definition) is 2. The van der Waals surface area contributed by atoms with E-state index in [0.717, 1.165) is 87.4 Å². The number of aryl methyl sites for hydroxylation is 1. The van der Waals surface area contributed by atoms with Crippen LogP contribution in [0.4, 0.5) is 10.6 Å². The van der Waals surface area contributed by atoms with Gasteiger partial charge in [-0.1, -0.05) is 30.3 Å². The average molecular weight is 639 g/mol. The third-order valence-electron chi connectivity index (χ3n) is 9.47. The highest BCUT2D eigenvalue weighted by Gasteiger charge is 2.37. The predicted molar refractivity (Wildman–Crippen MR) is 184 cm³/mol. The van der Waals surface area contributed by atoms with Crippen LogP contribution in [0.5, 0.6) is 0 Å².